The van der Waals surface area contributed by atoms with Crippen LogP contribution in [0.15, 0.2) is 72.1 Å². The monoisotopic (exact) mass is 450 g/mol. The summed E-state index contributed by atoms with van der Waals surface area (Å²) in [4.78, 5) is 37.7. The molecule has 2 N–H and O–H groups in total. The highest BCUT2D eigenvalue weighted by molar-refractivity contribution is 7.99. The number of hydrogen-bond donors (Lipinski definition) is 2. The van der Waals surface area contributed by atoms with Crippen LogP contribution in [0.5, 0.6) is 0 Å². The smallest absolute Gasteiger partial charge is 0.322 e. The number of aryl methyl sites for hydroxylation is 1. The predicted octanol–water partition coefficient (Wildman–Crippen LogP) is 2.33. The second kappa shape index (κ2) is 9.23. The van der Waals surface area contributed by atoms with Gasteiger partial charge in [0.25, 0.3) is 5.91 Å². The van der Waals surface area contributed by atoms with E-state index in [-0.39, 0.29) is 5.75 Å². The molecule has 164 valence electrons. The van der Waals surface area contributed by atoms with Crippen molar-refractivity contribution < 1.29 is 14.4 Å². The van der Waals surface area contributed by atoms with Crippen LogP contribution in [0.2, 0.25) is 0 Å². The summed E-state index contributed by atoms with van der Waals surface area (Å²) in [6, 6.07) is 18.6. The molecule has 4 amide bonds. The van der Waals surface area contributed by atoms with E-state index in [0.29, 0.717) is 18.0 Å². The van der Waals surface area contributed by atoms with Gasteiger partial charge in [-0.1, -0.05) is 60.3 Å². The minimum atomic E-state index is -1.08. The Morgan fingerprint density at radius 2 is 1.78 bits per heavy atom. The van der Waals surface area contributed by atoms with E-state index in [1.165, 1.54) is 0 Å². The SMILES string of the molecule is C[C@@]1(CCc2ccccc2)NC(=O)N(NC(=O)CSc2nncn2-c2ccccc2)C1=O. The zero-order valence-corrected chi connectivity index (χ0v) is 18.2. The van der Waals surface area contributed by atoms with Crippen LogP contribution >= 0.6 is 11.8 Å². The van der Waals surface area contributed by atoms with Gasteiger partial charge in [0.15, 0.2) is 5.16 Å². The van der Waals surface area contributed by atoms with E-state index in [1.807, 2.05) is 60.7 Å². The number of nitrogens with one attached hydrogen (secondary N) is 2. The number of hydrazine groups is 1. The van der Waals surface area contributed by atoms with E-state index in [9.17, 15) is 14.4 Å². The number of rotatable bonds is 8. The summed E-state index contributed by atoms with van der Waals surface area (Å²) < 4.78 is 1.76. The maximum Gasteiger partial charge on any atom is 0.344 e. The molecular formula is C22H22N6O3S. The molecule has 0 saturated carbocycles. The summed E-state index contributed by atoms with van der Waals surface area (Å²) in [5.41, 5.74) is 3.26. The summed E-state index contributed by atoms with van der Waals surface area (Å²) in [6.45, 7) is 1.67. The van der Waals surface area contributed by atoms with E-state index < -0.39 is 23.4 Å². The molecule has 10 heteroatoms. The molecule has 3 aromatic rings. The van der Waals surface area contributed by atoms with Crippen molar-refractivity contribution in [3.05, 3.63) is 72.6 Å². The second-order valence-corrected chi connectivity index (χ2v) is 8.47. The van der Waals surface area contributed by atoms with Crippen LogP contribution in [0.4, 0.5) is 4.79 Å². The van der Waals surface area contributed by atoms with Crippen molar-refractivity contribution in [3.8, 4) is 5.69 Å². The summed E-state index contributed by atoms with van der Waals surface area (Å²) in [7, 11) is 0. The van der Waals surface area contributed by atoms with Crippen molar-refractivity contribution in [2.75, 3.05) is 5.75 Å². The first-order valence-electron chi connectivity index (χ1n) is 10.0. The summed E-state index contributed by atoms with van der Waals surface area (Å²) in [6.07, 6.45) is 2.60. The highest BCUT2D eigenvalue weighted by Crippen LogP contribution is 2.23. The zero-order chi connectivity index (χ0) is 22.6. The van der Waals surface area contributed by atoms with E-state index in [2.05, 4.69) is 20.9 Å². The molecule has 1 aliphatic rings. The predicted molar refractivity (Wildman–Crippen MR) is 119 cm³/mol. The van der Waals surface area contributed by atoms with Crippen LogP contribution in [0.1, 0.15) is 18.9 Å². The molecule has 0 radical (unpaired) electrons. The topological polar surface area (TPSA) is 109 Å². The third-order valence-electron chi connectivity index (χ3n) is 5.14. The van der Waals surface area contributed by atoms with Gasteiger partial charge in [0.1, 0.15) is 11.9 Å². The summed E-state index contributed by atoms with van der Waals surface area (Å²) >= 11 is 1.16. The van der Waals surface area contributed by atoms with Crippen LogP contribution in [0, 0.1) is 0 Å². The van der Waals surface area contributed by atoms with Crippen molar-refractivity contribution >= 4 is 29.6 Å². The number of urea groups is 1. The molecule has 1 fully saturated rings. The van der Waals surface area contributed by atoms with Crippen LogP contribution in [0.3, 0.4) is 0 Å². The largest absolute Gasteiger partial charge is 0.344 e. The minimum Gasteiger partial charge on any atom is -0.322 e. The number of para-hydroxylation sites is 1. The Kier molecular flexibility index (Phi) is 6.22. The molecule has 0 bridgehead atoms. The molecule has 4 rings (SSSR count). The average Bonchev–Trinajstić information content (AvgIpc) is 3.36. The Bertz CT molecular complexity index is 1120. The lowest BCUT2D eigenvalue weighted by Gasteiger charge is -2.21. The fraction of sp³-hybridized carbons (Fsp3) is 0.227. The van der Waals surface area contributed by atoms with Gasteiger partial charge in [-0.05, 0) is 37.5 Å². The fourth-order valence-electron chi connectivity index (χ4n) is 3.37. The van der Waals surface area contributed by atoms with Gasteiger partial charge in [0.2, 0.25) is 5.91 Å². The van der Waals surface area contributed by atoms with Crippen LogP contribution in [-0.4, -0.2) is 48.9 Å². The highest BCUT2D eigenvalue weighted by atomic mass is 32.2. The van der Waals surface area contributed by atoms with Gasteiger partial charge < -0.3 is 5.32 Å². The minimum absolute atomic E-state index is 0.0384. The van der Waals surface area contributed by atoms with E-state index in [4.69, 9.17) is 0 Å². The maximum atomic E-state index is 12.9. The third kappa shape index (κ3) is 4.65. The van der Waals surface area contributed by atoms with Crippen molar-refractivity contribution in [3.63, 3.8) is 0 Å². The molecule has 1 atom stereocenters. The Labute approximate surface area is 189 Å². The summed E-state index contributed by atoms with van der Waals surface area (Å²) in [5, 5.41) is 11.9. The third-order valence-corrected chi connectivity index (χ3v) is 6.08. The fourth-order valence-corrected chi connectivity index (χ4v) is 4.09. The molecule has 0 unspecified atom stereocenters. The van der Waals surface area contributed by atoms with Crippen molar-refractivity contribution in [1.29, 1.82) is 0 Å². The molecule has 32 heavy (non-hydrogen) atoms. The number of imide groups is 1. The Morgan fingerprint density at radius 3 is 2.50 bits per heavy atom. The first kappa shape index (κ1) is 21.6. The van der Waals surface area contributed by atoms with Crippen molar-refractivity contribution in [2.24, 2.45) is 0 Å². The van der Waals surface area contributed by atoms with Gasteiger partial charge in [-0.2, -0.15) is 5.01 Å². The first-order valence-corrected chi connectivity index (χ1v) is 11.0. The van der Waals surface area contributed by atoms with Crippen molar-refractivity contribution in [2.45, 2.75) is 30.5 Å². The van der Waals surface area contributed by atoms with Crippen LogP contribution in [-0.2, 0) is 16.0 Å². The first-order chi connectivity index (χ1) is 15.5. The van der Waals surface area contributed by atoms with Gasteiger partial charge >= 0.3 is 6.03 Å². The molecule has 0 spiro atoms. The number of hydrogen-bond acceptors (Lipinski definition) is 6. The van der Waals surface area contributed by atoms with Gasteiger partial charge in [-0.3, -0.25) is 19.6 Å². The molecule has 0 aliphatic carbocycles. The normalized spacial score (nSPS) is 18.0. The van der Waals surface area contributed by atoms with E-state index in [0.717, 1.165) is 28.0 Å². The molecule has 1 aliphatic heterocycles. The van der Waals surface area contributed by atoms with Gasteiger partial charge in [0, 0.05) is 5.69 Å². The number of benzene rings is 2. The number of amides is 4. The van der Waals surface area contributed by atoms with Gasteiger partial charge in [0.05, 0.1) is 5.75 Å². The standard InChI is InChI=1S/C22H22N6O3S/c1-22(13-12-16-8-4-2-5-9-16)19(30)28(20(31)24-22)26-18(29)14-32-21-25-23-15-27(21)17-10-6-3-7-11-17/h2-11,15H,12-14H2,1H3,(H,24,31)(H,26,29)/t22-/m0/s1. The lowest BCUT2D eigenvalue weighted by atomic mass is 9.93. The number of carbonyl (C=O) groups is 3. The summed E-state index contributed by atoms with van der Waals surface area (Å²) in [5.74, 6) is -1.01. The second-order valence-electron chi connectivity index (χ2n) is 7.53. The number of thioether (sulfide) groups is 1. The number of nitrogens with zero attached hydrogens (tertiary/aromatic N) is 4. The lowest BCUT2D eigenvalue weighted by molar-refractivity contribution is -0.138. The van der Waals surface area contributed by atoms with Gasteiger partial charge in [-0.15, -0.1) is 10.2 Å². The van der Waals surface area contributed by atoms with Crippen molar-refractivity contribution in [1.82, 2.24) is 30.5 Å². The maximum absolute atomic E-state index is 12.9. The average molecular weight is 451 g/mol. The van der Waals surface area contributed by atoms with Crippen LogP contribution < -0.4 is 10.7 Å². The zero-order valence-electron chi connectivity index (χ0n) is 17.4. The lowest BCUT2D eigenvalue weighted by Crippen LogP contribution is -2.49. The number of carbonyl (C=O) groups excluding carboxylic acids is 3. The molecule has 2 aromatic carbocycles. The van der Waals surface area contributed by atoms with Gasteiger partial charge in [-0.25, -0.2) is 4.79 Å². The molecule has 1 saturated heterocycles. The Hall–Kier alpha value is -3.66. The molecule has 1 aromatic heterocycles. The van der Waals surface area contributed by atoms with E-state index >= 15 is 0 Å². The molecule has 2 heterocycles. The molecule has 9 nitrogen and oxygen atoms in total. The van der Waals surface area contributed by atoms with Crippen LogP contribution in [0.25, 0.3) is 5.69 Å². The number of aromatic nitrogens is 3. The Morgan fingerprint density at radius 1 is 1.09 bits per heavy atom. The Balaban J connectivity index is 1.34. The highest BCUT2D eigenvalue weighted by Gasteiger charge is 2.48. The quantitative estimate of drug-likeness (QED) is 0.403. The molecular weight excluding hydrogens is 428 g/mol. The van der Waals surface area contributed by atoms with E-state index in [1.54, 1.807) is 17.8 Å².